The van der Waals surface area contributed by atoms with Gasteiger partial charge in [-0.2, -0.15) is 4.98 Å². The van der Waals surface area contributed by atoms with E-state index in [1.54, 1.807) is 0 Å². The molecule has 6 N–H and O–H groups in total. The SMILES string of the molecule is Cc1nc(N)nc(NC(CO)(CO)CO)c1[N+](=O)[O-]. The fourth-order valence-corrected chi connectivity index (χ4v) is 1.41. The highest BCUT2D eigenvalue weighted by Crippen LogP contribution is 2.28. The van der Waals surface area contributed by atoms with Gasteiger partial charge in [-0.15, -0.1) is 0 Å². The zero-order valence-electron chi connectivity index (χ0n) is 10.2. The summed E-state index contributed by atoms with van der Waals surface area (Å²) in [5, 5.41) is 40.9. The smallest absolute Gasteiger partial charge is 0.332 e. The zero-order valence-corrected chi connectivity index (χ0v) is 10.2. The third kappa shape index (κ3) is 3.05. The van der Waals surface area contributed by atoms with Crippen LogP contribution in [0.25, 0.3) is 0 Å². The van der Waals surface area contributed by atoms with Crippen molar-refractivity contribution in [3.63, 3.8) is 0 Å². The van der Waals surface area contributed by atoms with Gasteiger partial charge >= 0.3 is 5.69 Å². The first-order valence-electron chi connectivity index (χ1n) is 5.28. The standard InChI is InChI=1S/C9H15N5O5/c1-5-6(14(18)19)7(12-8(10)11-5)13-9(2-15,3-16)4-17/h15-17H,2-4H2,1H3,(H3,10,11,12,13). The Hall–Kier alpha value is -2.04. The second-order valence-electron chi connectivity index (χ2n) is 4.00. The molecule has 0 aliphatic rings. The van der Waals surface area contributed by atoms with Gasteiger partial charge in [0, 0.05) is 0 Å². The van der Waals surface area contributed by atoms with Crippen molar-refractivity contribution in [2.45, 2.75) is 12.5 Å². The van der Waals surface area contributed by atoms with Crippen LogP contribution in [0.3, 0.4) is 0 Å². The van der Waals surface area contributed by atoms with E-state index in [2.05, 4.69) is 15.3 Å². The molecule has 0 fully saturated rings. The molecule has 0 atom stereocenters. The van der Waals surface area contributed by atoms with Gasteiger partial charge in [-0.25, -0.2) is 4.98 Å². The molecule has 0 unspecified atom stereocenters. The van der Waals surface area contributed by atoms with Crippen molar-refractivity contribution in [1.29, 1.82) is 0 Å². The van der Waals surface area contributed by atoms with E-state index in [0.29, 0.717) is 0 Å². The maximum atomic E-state index is 11.0. The van der Waals surface area contributed by atoms with E-state index in [0.717, 1.165) is 0 Å². The van der Waals surface area contributed by atoms with Crippen molar-refractivity contribution in [3.05, 3.63) is 15.8 Å². The van der Waals surface area contributed by atoms with E-state index in [4.69, 9.17) is 5.73 Å². The van der Waals surface area contributed by atoms with Crippen molar-refractivity contribution in [2.24, 2.45) is 0 Å². The molecule has 10 nitrogen and oxygen atoms in total. The molecule has 19 heavy (non-hydrogen) atoms. The van der Waals surface area contributed by atoms with Crippen LogP contribution in [0.15, 0.2) is 0 Å². The number of hydrogen-bond donors (Lipinski definition) is 5. The molecular formula is C9H15N5O5. The molecule has 0 aliphatic heterocycles. The van der Waals surface area contributed by atoms with Gasteiger partial charge in [-0.1, -0.05) is 0 Å². The number of nitrogens with zero attached hydrogens (tertiary/aromatic N) is 3. The van der Waals surface area contributed by atoms with Crippen molar-refractivity contribution in [1.82, 2.24) is 9.97 Å². The van der Waals surface area contributed by atoms with Crippen LogP contribution in [0.4, 0.5) is 17.5 Å². The van der Waals surface area contributed by atoms with E-state index >= 15 is 0 Å². The third-order valence-corrected chi connectivity index (χ3v) is 2.55. The summed E-state index contributed by atoms with van der Waals surface area (Å²) in [5.74, 6) is -0.472. The van der Waals surface area contributed by atoms with E-state index in [-0.39, 0.29) is 17.5 Å². The summed E-state index contributed by atoms with van der Waals surface area (Å²) in [6.07, 6.45) is 0. The average molecular weight is 273 g/mol. The molecule has 0 saturated carbocycles. The molecule has 1 heterocycles. The molecule has 0 aliphatic carbocycles. The lowest BCUT2D eigenvalue weighted by atomic mass is 10.0. The summed E-state index contributed by atoms with van der Waals surface area (Å²) in [5.41, 5.74) is 3.45. The summed E-state index contributed by atoms with van der Waals surface area (Å²) < 4.78 is 0. The second kappa shape index (κ2) is 5.73. The van der Waals surface area contributed by atoms with Gasteiger partial charge in [-0.3, -0.25) is 10.1 Å². The van der Waals surface area contributed by atoms with Crippen LogP contribution in [0.1, 0.15) is 5.69 Å². The Morgan fingerprint density at radius 1 is 1.32 bits per heavy atom. The number of nitrogens with two attached hydrogens (primary N) is 1. The number of nitro groups is 1. The normalized spacial score (nSPS) is 11.4. The lowest BCUT2D eigenvalue weighted by Gasteiger charge is -2.29. The number of nitrogen functional groups attached to an aromatic ring is 1. The monoisotopic (exact) mass is 273 g/mol. The Labute approximate surface area is 108 Å². The number of nitrogens with one attached hydrogen (secondary N) is 1. The Morgan fingerprint density at radius 3 is 2.26 bits per heavy atom. The van der Waals surface area contributed by atoms with Crippen LogP contribution in [-0.4, -0.2) is 55.6 Å². The molecule has 0 spiro atoms. The quantitative estimate of drug-likeness (QED) is 0.303. The highest BCUT2D eigenvalue weighted by molar-refractivity contribution is 5.61. The number of aryl methyl sites for hydroxylation is 1. The summed E-state index contributed by atoms with van der Waals surface area (Å²) >= 11 is 0. The molecule has 0 aromatic carbocycles. The number of aromatic nitrogens is 2. The average Bonchev–Trinajstić information content (AvgIpc) is 2.34. The summed E-state index contributed by atoms with van der Waals surface area (Å²) in [7, 11) is 0. The number of aliphatic hydroxyl groups excluding tert-OH is 3. The lowest BCUT2D eigenvalue weighted by Crippen LogP contribution is -2.49. The van der Waals surface area contributed by atoms with E-state index in [9.17, 15) is 25.4 Å². The fraction of sp³-hybridized carbons (Fsp3) is 0.556. The minimum atomic E-state index is -1.54. The highest BCUT2D eigenvalue weighted by atomic mass is 16.6. The molecule has 1 rings (SSSR count). The van der Waals surface area contributed by atoms with Crippen LogP contribution >= 0.6 is 0 Å². The molecule has 0 radical (unpaired) electrons. The Kier molecular flexibility index (Phi) is 4.53. The van der Waals surface area contributed by atoms with Crippen LogP contribution in [0.2, 0.25) is 0 Å². The second-order valence-corrected chi connectivity index (χ2v) is 4.00. The molecule has 1 aromatic rings. The van der Waals surface area contributed by atoms with E-state index < -0.39 is 36.0 Å². The molecular weight excluding hydrogens is 258 g/mol. The maximum absolute atomic E-state index is 11.0. The van der Waals surface area contributed by atoms with Gasteiger partial charge in [0.05, 0.1) is 24.7 Å². The van der Waals surface area contributed by atoms with Gasteiger partial charge in [-0.05, 0) is 6.92 Å². The summed E-state index contributed by atoms with van der Waals surface area (Å²) in [6, 6.07) is 0. The number of aliphatic hydroxyl groups is 3. The minimum Gasteiger partial charge on any atom is -0.394 e. The first kappa shape index (κ1) is 15.0. The van der Waals surface area contributed by atoms with Crippen molar-refractivity contribution in [2.75, 3.05) is 30.9 Å². The van der Waals surface area contributed by atoms with Crippen molar-refractivity contribution in [3.8, 4) is 0 Å². The van der Waals surface area contributed by atoms with Gasteiger partial charge in [0.2, 0.25) is 11.8 Å². The lowest BCUT2D eigenvalue weighted by molar-refractivity contribution is -0.385. The molecule has 0 amide bonds. The van der Waals surface area contributed by atoms with Crippen LogP contribution in [0.5, 0.6) is 0 Å². The Bertz CT molecular complexity index is 468. The summed E-state index contributed by atoms with van der Waals surface area (Å²) in [4.78, 5) is 17.6. The zero-order chi connectivity index (χ0) is 14.6. The highest BCUT2D eigenvalue weighted by Gasteiger charge is 2.32. The fourth-order valence-electron chi connectivity index (χ4n) is 1.41. The minimum absolute atomic E-state index is 0.0303. The number of anilines is 2. The van der Waals surface area contributed by atoms with Crippen LogP contribution < -0.4 is 11.1 Å². The number of rotatable bonds is 6. The molecule has 10 heteroatoms. The topological polar surface area (TPSA) is 168 Å². The maximum Gasteiger partial charge on any atom is 0.332 e. The summed E-state index contributed by atoms with van der Waals surface area (Å²) in [6.45, 7) is -0.583. The third-order valence-electron chi connectivity index (χ3n) is 2.55. The largest absolute Gasteiger partial charge is 0.394 e. The molecule has 0 saturated heterocycles. The van der Waals surface area contributed by atoms with Gasteiger partial charge < -0.3 is 26.4 Å². The van der Waals surface area contributed by atoms with Crippen LogP contribution in [0, 0.1) is 17.0 Å². The molecule has 1 aromatic heterocycles. The van der Waals surface area contributed by atoms with Crippen molar-refractivity contribution < 1.29 is 20.2 Å². The van der Waals surface area contributed by atoms with Crippen molar-refractivity contribution >= 4 is 17.5 Å². The molecule has 106 valence electrons. The van der Waals surface area contributed by atoms with Gasteiger partial charge in [0.25, 0.3) is 0 Å². The van der Waals surface area contributed by atoms with E-state index in [1.807, 2.05) is 0 Å². The predicted molar refractivity (Wildman–Crippen MR) is 65.4 cm³/mol. The Balaban J connectivity index is 3.30. The number of hydrogen-bond acceptors (Lipinski definition) is 9. The van der Waals surface area contributed by atoms with Gasteiger partial charge in [0.15, 0.2) is 0 Å². The van der Waals surface area contributed by atoms with Crippen LogP contribution in [-0.2, 0) is 0 Å². The first-order chi connectivity index (χ1) is 8.89. The van der Waals surface area contributed by atoms with E-state index in [1.165, 1.54) is 6.92 Å². The van der Waals surface area contributed by atoms with Gasteiger partial charge in [0.1, 0.15) is 11.2 Å². The Morgan fingerprint density at radius 2 is 1.84 bits per heavy atom. The predicted octanol–water partition coefficient (Wildman–Crippen LogP) is -1.60. The first-order valence-corrected chi connectivity index (χ1v) is 5.28. The molecule has 0 bridgehead atoms.